The van der Waals surface area contributed by atoms with Crippen LogP contribution in [0.5, 0.6) is 0 Å². The molecule has 0 amide bonds. The number of hydrogen-bond acceptors (Lipinski definition) is 8. The summed E-state index contributed by atoms with van der Waals surface area (Å²) in [6, 6.07) is 0. The molecule has 0 aliphatic heterocycles. The molecule has 0 fully saturated rings. The Bertz CT molecular complexity index is 1610. The van der Waals surface area contributed by atoms with Crippen LogP contribution in [0.1, 0.15) is 412 Å². The Morgan fingerprint density at radius 1 is 0.344 bits per heavy atom. The van der Waals surface area contributed by atoms with E-state index in [4.69, 9.17) is 18.5 Å². The fourth-order valence-corrected chi connectivity index (χ4v) is 12.8. The molecule has 0 N–H and O–H groups in total. The summed E-state index contributed by atoms with van der Waals surface area (Å²) in [5.74, 6) is -0.807. The molecule has 2 atom stereocenters. The van der Waals surface area contributed by atoms with Gasteiger partial charge in [-0.1, -0.05) is 365 Å². The zero-order valence-electron chi connectivity index (χ0n) is 60.9. The summed E-state index contributed by atoms with van der Waals surface area (Å²) in [6.45, 7) is 4.31. The number of carbonyl (C=O) groups is 2. The topological polar surface area (TPSA) is 111 Å². The molecule has 0 spiro atoms. The maximum absolute atomic E-state index is 12.9. The van der Waals surface area contributed by atoms with Crippen LogP contribution in [0.15, 0.2) is 36.5 Å². The van der Waals surface area contributed by atoms with E-state index in [0.717, 1.165) is 38.5 Å². The third-order valence-corrected chi connectivity index (χ3v) is 19.1. The van der Waals surface area contributed by atoms with Crippen molar-refractivity contribution in [1.29, 1.82) is 0 Å². The molecule has 0 heterocycles. The zero-order valence-corrected chi connectivity index (χ0v) is 61.8. The van der Waals surface area contributed by atoms with E-state index in [1.165, 1.54) is 340 Å². The standard InChI is InChI=1S/C80H154NO8P/c1-6-8-10-12-14-16-18-20-22-24-26-28-30-32-34-36-38-40-42-44-46-48-50-52-54-56-58-60-62-64-66-68-70-72-79(82)86-76-78(77-88-90(84,85)87-75-74-81(3,4)5)89-80(83)73-71-69-67-65-63-61-59-57-55-53-51-49-47-45-43-41-39-37-35-33-31-29-27-25-23-21-19-17-15-13-11-9-7-2/h19,21,24-27,78H,6-18,20,22-23,28-77H2,1-5H3/b21-19-,26-24-,27-25-. The largest absolute Gasteiger partial charge is 0.756 e. The average molecular weight is 1290 g/mol. The third kappa shape index (κ3) is 75.3. The molecule has 0 bridgehead atoms. The smallest absolute Gasteiger partial charge is 0.306 e. The van der Waals surface area contributed by atoms with Crippen LogP contribution >= 0.6 is 7.82 Å². The lowest BCUT2D eigenvalue weighted by Gasteiger charge is -2.28. The van der Waals surface area contributed by atoms with Gasteiger partial charge in [-0.25, -0.2) is 0 Å². The summed E-state index contributed by atoms with van der Waals surface area (Å²) in [7, 11) is 1.19. The van der Waals surface area contributed by atoms with Crippen molar-refractivity contribution in [2.75, 3.05) is 47.5 Å². The molecule has 9 nitrogen and oxygen atoms in total. The fourth-order valence-electron chi connectivity index (χ4n) is 12.0. The molecule has 0 rings (SSSR count). The minimum atomic E-state index is -4.64. The van der Waals surface area contributed by atoms with Gasteiger partial charge in [0.1, 0.15) is 19.8 Å². The number of ether oxygens (including phenoxy) is 2. The molecular formula is C80H154NO8P. The predicted molar refractivity (Wildman–Crippen MR) is 388 cm³/mol. The van der Waals surface area contributed by atoms with Crippen molar-refractivity contribution in [3.63, 3.8) is 0 Å². The summed E-state index contributed by atoms with van der Waals surface area (Å²) in [5.41, 5.74) is 0. The normalized spacial score (nSPS) is 13.2. The first kappa shape index (κ1) is 88.2. The molecule has 0 saturated carbocycles. The van der Waals surface area contributed by atoms with Gasteiger partial charge < -0.3 is 27.9 Å². The van der Waals surface area contributed by atoms with Gasteiger partial charge in [0.25, 0.3) is 7.82 Å². The molecule has 0 aromatic heterocycles. The van der Waals surface area contributed by atoms with E-state index in [0.29, 0.717) is 17.4 Å². The second-order valence-electron chi connectivity index (χ2n) is 28.4. The number of allylic oxidation sites excluding steroid dienone is 6. The molecular weight excluding hydrogens is 1130 g/mol. The summed E-state index contributed by atoms with van der Waals surface area (Å²) in [4.78, 5) is 38.2. The van der Waals surface area contributed by atoms with Crippen LogP contribution in [0.3, 0.4) is 0 Å². The van der Waals surface area contributed by atoms with Gasteiger partial charge in [0, 0.05) is 12.8 Å². The molecule has 10 heteroatoms. The highest BCUT2D eigenvalue weighted by Gasteiger charge is 2.22. The number of likely N-dealkylation sites (N-methyl/N-ethyl adjacent to an activating group) is 1. The zero-order chi connectivity index (χ0) is 65.5. The fraction of sp³-hybridized carbons (Fsp3) is 0.900. The quantitative estimate of drug-likeness (QED) is 0.0195. The first-order chi connectivity index (χ1) is 44.0. The van der Waals surface area contributed by atoms with Crippen LogP contribution in [0.4, 0.5) is 0 Å². The molecule has 532 valence electrons. The highest BCUT2D eigenvalue weighted by molar-refractivity contribution is 7.45. The third-order valence-electron chi connectivity index (χ3n) is 18.1. The van der Waals surface area contributed by atoms with Gasteiger partial charge in [-0.2, -0.15) is 0 Å². The van der Waals surface area contributed by atoms with Gasteiger partial charge in [-0.3, -0.25) is 14.2 Å². The van der Waals surface area contributed by atoms with E-state index in [1.807, 2.05) is 21.1 Å². The van der Waals surface area contributed by atoms with E-state index in [2.05, 4.69) is 50.3 Å². The molecule has 0 saturated heterocycles. The van der Waals surface area contributed by atoms with E-state index in [9.17, 15) is 19.0 Å². The van der Waals surface area contributed by atoms with Crippen LogP contribution in [0.25, 0.3) is 0 Å². The summed E-state index contributed by atoms with van der Waals surface area (Å²) < 4.78 is 34.4. The number of esters is 2. The minimum Gasteiger partial charge on any atom is -0.756 e. The lowest BCUT2D eigenvalue weighted by Crippen LogP contribution is -2.37. The number of rotatable bonds is 75. The van der Waals surface area contributed by atoms with Crippen molar-refractivity contribution < 1.29 is 42.1 Å². The predicted octanol–water partition coefficient (Wildman–Crippen LogP) is 25.5. The van der Waals surface area contributed by atoms with Crippen LogP contribution in [-0.4, -0.2) is 70.0 Å². The van der Waals surface area contributed by atoms with Crippen LogP contribution < -0.4 is 4.89 Å². The molecule has 0 aromatic rings. The Hall–Kier alpha value is -1.77. The van der Waals surface area contributed by atoms with Crippen molar-refractivity contribution in [2.24, 2.45) is 0 Å². The highest BCUT2D eigenvalue weighted by atomic mass is 31.2. The SMILES string of the molecule is CCCCCCC/C=C\C/C=C\CCCCCCCCCCCCCCCCCCCCCCCC(=O)OC(COC(=O)CCCCCCCCCCCCCCCCCCCCCCC/C=C\CCCCCCCCCC)COP(=O)([O-])OCC[N+](C)(C)C. The molecule has 2 unspecified atom stereocenters. The summed E-state index contributed by atoms with van der Waals surface area (Å²) >= 11 is 0. The van der Waals surface area contributed by atoms with Gasteiger partial charge >= 0.3 is 11.9 Å². The Labute approximate surface area is 561 Å². The summed E-state index contributed by atoms with van der Waals surface area (Å²) in [6.07, 6.45) is 92.7. The second kappa shape index (κ2) is 71.5. The maximum Gasteiger partial charge on any atom is 0.306 e. The van der Waals surface area contributed by atoms with Crippen LogP contribution in [0.2, 0.25) is 0 Å². The van der Waals surface area contributed by atoms with E-state index in [-0.39, 0.29) is 32.0 Å². The maximum atomic E-state index is 12.9. The Morgan fingerprint density at radius 3 is 0.889 bits per heavy atom. The van der Waals surface area contributed by atoms with Gasteiger partial charge in [0.2, 0.25) is 0 Å². The van der Waals surface area contributed by atoms with E-state index >= 15 is 0 Å². The van der Waals surface area contributed by atoms with Crippen molar-refractivity contribution in [1.82, 2.24) is 0 Å². The Balaban J connectivity index is 3.92. The highest BCUT2D eigenvalue weighted by Crippen LogP contribution is 2.38. The van der Waals surface area contributed by atoms with Crippen molar-refractivity contribution in [2.45, 2.75) is 418 Å². The first-order valence-electron chi connectivity index (χ1n) is 39.7. The number of unbranched alkanes of at least 4 members (excludes halogenated alkanes) is 55. The number of phosphoric ester groups is 1. The van der Waals surface area contributed by atoms with Crippen LogP contribution in [-0.2, 0) is 32.7 Å². The lowest BCUT2D eigenvalue weighted by molar-refractivity contribution is -0.870. The van der Waals surface area contributed by atoms with Crippen molar-refractivity contribution in [3.8, 4) is 0 Å². The number of carbonyl (C=O) groups excluding carboxylic acids is 2. The number of quaternary nitrogens is 1. The number of nitrogens with zero attached hydrogens (tertiary/aromatic N) is 1. The van der Waals surface area contributed by atoms with Crippen molar-refractivity contribution >= 4 is 19.8 Å². The average Bonchev–Trinajstić information content (AvgIpc) is 3.58. The Kier molecular flexibility index (Phi) is 70.1. The lowest BCUT2D eigenvalue weighted by atomic mass is 10.0. The monoisotopic (exact) mass is 1290 g/mol. The Morgan fingerprint density at radius 2 is 0.600 bits per heavy atom. The van der Waals surface area contributed by atoms with Crippen molar-refractivity contribution in [3.05, 3.63) is 36.5 Å². The van der Waals surface area contributed by atoms with Gasteiger partial charge in [0.15, 0.2) is 6.10 Å². The molecule has 0 radical (unpaired) electrons. The number of phosphoric acid groups is 1. The number of hydrogen-bond donors (Lipinski definition) is 0. The molecule has 0 aliphatic carbocycles. The van der Waals surface area contributed by atoms with E-state index < -0.39 is 26.5 Å². The molecule has 0 aromatic carbocycles. The van der Waals surface area contributed by atoms with Crippen LogP contribution in [0, 0.1) is 0 Å². The van der Waals surface area contributed by atoms with Gasteiger partial charge in [0.05, 0.1) is 27.7 Å². The first-order valence-corrected chi connectivity index (χ1v) is 41.2. The van der Waals surface area contributed by atoms with Gasteiger partial charge in [-0.15, -0.1) is 0 Å². The van der Waals surface area contributed by atoms with E-state index in [1.54, 1.807) is 0 Å². The second-order valence-corrected chi connectivity index (χ2v) is 29.8. The minimum absolute atomic E-state index is 0.0273. The molecule has 0 aliphatic rings. The summed E-state index contributed by atoms with van der Waals surface area (Å²) in [5, 5.41) is 0. The molecule has 90 heavy (non-hydrogen) atoms. The van der Waals surface area contributed by atoms with Gasteiger partial charge in [-0.05, 0) is 70.6 Å².